The summed E-state index contributed by atoms with van der Waals surface area (Å²) in [5.74, 6) is 0.328. The lowest BCUT2D eigenvalue weighted by molar-refractivity contribution is -0.384. The molecule has 140 valence electrons. The van der Waals surface area contributed by atoms with Crippen molar-refractivity contribution in [1.29, 1.82) is 0 Å². The van der Waals surface area contributed by atoms with Crippen LogP contribution in [0.1, 0.15) is 22.6 Å². The molecule has 0 spiro atoms. The van der Waals surface area contributed by atoms with Crippen LogP contribution in [-0.2, 0) is 13.2 Å². The molecule has 0 saturated heterocycles. The molecule has 0 amide bonds. The van der Waals surface area contributed by atoms with Crippen LogP contribution in [0.15, 0.2) is 58.3 Å². The number of nitro groups is 1. The van der Waals surface area contributed by atoms with Crippen molar-refractivity contribution in [2.45, 2.75) is 13.2 Å². The van der Waals surface area contributed by atoms with Gasteiger partial charge in [0.05, 0.1) is 35.2 Å². The first-order valence-corrected chi connectivity index (χ1v) is 8.68. The summed E-state index contributed by atoms with van der Waals surface area (Å²) >= 11 is 6.35. The highest BCUT2D eigenvalue weighted by molar-refractivity contribution is 6.35. The number of aliphatic hydroxyl groups excluding tert-OH is 1. The number of aromatic nitrogens is 2. The number of fused-ring (bicyclic) bond motifs is 3. The normalized spacial score (nSPS) is 12.6. The van der Waals surface area contributed by atoms with Crippen LogP contribution < -0.4 is 5.56 Å². The maximum atomic E-state index is 11.9. The van der Waals surface area contributed by atoms with Crippen molar-refractivity contribution >= 4 is 23.0 Å². The number of rotatable bonds is 3. The van der Waals surface area contributed by atoms with Crippen molar-refractivity contribution in [3.63, 3.8) is 0 Å². The Hall–Kier alpha value is -3.36. The largest absolute Gasteiger partial charge is 0.390 e. The molecule has 28 heavy (non-hydrogen) atoms. The molecule has 1 N–H and O–H groups in total. The molecule has 0 bridgehead atoms. The Morgan fingerprint density at radius 3 is 2.68 bits per heavy atom. The lowest BCUT2D eigenvalue weighted by Gasteiger charge is -2.17. The van der Waals surface area contributed by atoms with E-state index in [0.717, 1.165) is 0 Å². The molecular formula is C19H13ClN4O4. The maximum absolute atomic E-state index is 11.9. The number of hydrogen-bond donors (Lipinski definition) is 1. The summed E-state index contributed by atoms with van der Waals surface area (Å²) in [4.78, 5) is 31.3. The van der Waals surface area contributed by atoms with Crippen LogP contribution in [0.4, 0.5) is 5.69 Å². The number of hydrogen-bond acceptors (Lipinski definition) is 6. The minimum absolute atomic E-state index is 0.0477. The quantitative estimate of drug-likeness (QED) is 0.540. The Labute approximate surface area is 163 Å². The third kappa shape index (κ3) is 2.98. The van der Waals surface area contributed by atoms with Crippen molar-refractivity contribution in [1.82, 2.24) is 9.55 Å². The third-order valence-electron chi connectivity index (χ3n) is 4.43. The summed E-state index contributed by atoms with van der Waals surface area (Å²) in [7, 11) is 0. The SMILES string of the molecule is O=c1cc(CO)n2c(n1)CN=C(c1ccccc1Cl)c1cc([N+](=O)[O-])ccc1-2. The Kier molecular flexibility index (Phi) is 4.50. The van der Waals surface area contributed by atoms with Gasteiger partial charge in [0.15, 0.2) is 0 Å². The summed E-state index contributed by atoms with van der Waals surface area (Å²) in [6.07, 6.45) is 0. The van der Waals surface area contributed by atoms with E-state index in [1.807, 2.05) is 0 Å². The molecule has 4 rings (SSSR count). The van der Waals surface area contributed by atoms with Crippen LogP contribution in [0.3, 0.4) is 0 Å². The van der Waals surface area contributed by atoms with Crippen LogP contribution in [0.5, 0.6) is 0 Å². The molecule has 0 fully saturated rings. The van der Waals surface area contributed by atoms with Crippen LogP contribution in [0.25, 0.3) is 5.69 Å². The van der Waals surface area contributed by atoms with Gasteiger partial charge in [0.2, 0.25) is 0 Å². The van der Waals surface area contributed by atoms with Crippen molar-refractivity contribution in [3.8, 4) is 5.69 Å². The van der Waals surface area contributed by atoms with E-state index < -0.39 is 17.1 Å². The van der Waals surface area contributed by atoms with Crippen molar-refractivity contribution in [2.24, 2.45) is 4.99 Å². The van der Waals surface area contributed by atoms with Gasteiger partial charge in [-0.3, -0.25) is 24.5 Å². The first-order chi connectivity index (χ1) is 13.5. The van der Waals surface area contributed by atoms with E-state index in [4.69, 9.17) is 11.6 Å². The van der Waals surface area contributed by atoms with E-state index in [0.29, 0.717) is 39.1 Å². The van der Waals surface area contributed by atoms with Gasteiger partial charge in [-0.1, -0.05) is 29.8 Å². The summed E-state index contributed by atoms with van der Waals surface area (Å²) in [5.41, 5.74) is 1.75. The van der Waals surface area contributed by atoms with Gasteiger partial charge in [-0.25, -0.2) is 0 Å². The van der Waals surface area contributed by atoms with Gasteiger partial charge in [0.25, 0.3) is 11.2 Å². The number of nitrogens with zero attached hydrogens (tertiary/aromatic N) is 4. The molecule has 0 atom stereocenters. The van der Waals surface area contributed by atoms with Gasteiger partial charge in [-0.2, -0.15) is 4.98 Å². The zero-order valence-electron chi connectivity index (χ0n) is 14.4. The minimum Gasteiger partial charge on any atom is -0.390 e. The number of aliphatic imine (C=N–C) groups is 1. The predicted molar refractivity (Wildman–Crippen MR) is 103 cm³/mol. The van der Waals surface area contributed by atoms with Crippen molar-refractivity contribution in [3.05, 3.63) is 96.7 Å². The summed E-state index contributed by atoms with van der Waals surface area (Å²) in [5, 5.41) is 21.5. The Balaban J connectivity index is 2.08. The highest BCUT2D eigenvalue weighted by Gasteiger charge is 2.24. The average molecular weight is 397 g/mol. The summed E-state index contributed by atoms with van der Waals surface area (Å²) in [6, 6.07) is 12.6. The molecule has 0 aliphatic carbocycles. The van der Waals surface area contributed by atoms with Crippen LogP contribution >= 0.6 is 11.6 Å². The number of aliphatic hydroxyl groups is 1. The van der Waals surface area contributed by atoms with Crippen molar-refractivity contribution in [2.75, 3.05) is 0 Å². The van der Waals surface area contributed by atoms with E-state index >= 15 is 0 Å². The smallest absolute Gasteiger partial charge is 0.273 e. The Morgan fingerprint density at radius 1 is 1.18 bits per heavy atom. The molecule has 2 heterocycles. The molecule has 1 aliphatic rings. The monoisotopic (exact) mass is 396 g/mol. The number of halogens is 1. The van der Waals surface area contributed by atoms with Crippen molar-refractivity contribution < 1.29 is 10.0 Å². The molecule has 3 aromatic rings. The molecule has 2 aromatic carbocycles. The molecule has 0 saturated carbocycles. The molecule has 0 unspecified atom stereocenters. The number of nitro benzene ring substituents is 1. The van der Waals surface area contributed by atoms with E-state index in [1.54, 1.807) is 34.9 Å². The molecule has 0 radical (unpaired) electrons. The van der Waals surface area contributed by atoms with Crippen LogP contribution in [0, 0.1) is 10.1 Å². The van der Waals surface area contributed by atoms with Gasteiger partial charge in [-0.05, 0) is 12.1 Å². The van der Waals surface area contributed by atoms with Gasteiger partial charge in [0, 0.05) is 34.3 Å². The predicted octanol–water partition coefficient (Wildman–Crippen LogP) is 2.64. The first-order valence-electron chi connectivity index (χ1n) is 8.31. The maximum Gasteiger partial charge on any atom is 0.273 e. The molecule has 8 nitrogen and oxygen atoms in total. The van der Waals surface area contributed by atoms with Crippen LogP contribution in [0.2, 0.25) is 5.02 Å². The van der Waals surface area contributed by atoms with Gasteiger partial charge < -0.3 is 5.11 Å². The van der Waals surface area contributed by atoms with E-state index in [9.17, 15) is 20.0 Å². The zero-order valence-corrected chi connectivity index (χ0v) is 15.1. The van der Waals surface area contributed by atoms with Crippen LogP contribution in [-0.4, -0.2) is 25.3 Å². The topological polar surface area (TPSA) is 111 Å². The zero-order chi connectivity index (χ0) is 19.8. The molecule has 9 heteroatoms. The highest BCUT2D eigenvalue weighted by Crippen LogP contribution is 2.30. The second kappa shape index (κ2) is 6.99. The average Bonchev–Trinajstić information content (AvgIpc) is 2.84. The third-order valence-corrected chi connectivity index (χ3v) is 4.76. The summed E-state index contributed by atoms with van der Waals surface area (Å²) in [6.45, 7) is -0.352. The van der Waals surface area contributed by atoms with E-state index in [2.05, 4.69) is 9.98 Å². The fraction of sp³-hybridized carbons (Fsp3) is 0.105. The summed E-state index contributed by atoms with van der Waals surface area (Å²) < 4.78 is 1.60. The van der Waals surface area contributed by atoms with Gasteiger partial charge in [-0.15, -0.1) is 0 Å². The van der Waals surface area contributed by atoms with E-state index in [1.165, 1.54) is 18.2 Å². The second-order valence-corrected chi connectivity index (χ2v) is 6.51. The van der Waals surface area contributed by atoms with Gasteiger partial charge in [0.1, 0.15) is 5.82 Å². The number of benzene rings is 2. The molecule has 1 aromatic heterocycles. The fourth-order valence-corrected chi connectivity index (χ4v) is 3.46. The van der Waals surface area contributed by atoms with E-state index in [-0.39, 0.29) is 12.2 Å². The lowest BCUT2D eigenvalue weighted by Crippen LogP contribution is -2.20. The second-order valence-electron chi connectivity index (χ2n) is 6.10. The van der Waals surface area contributed by atoms with Gasteiger partial charge >= 0.3 is 0 Å². The Morgan fingerprint density at radius 2 is 1.96 bits per heavy atom. The number of non-ortho nitro benzene ring substituents is 1. The fourth-order valence-electron chi connectivity index (χ4n) is 3.24. The highest BCUT2D eigenvalue weighted by atomic mass is 35.5. The first kappa shape index (κ1) is 18.0. The molecular weight excluding hydrogens is 384 g/mol. The molecule has 1 aliphatic heterocycles. The Bertz CT molecular complexity index is 1200. The lowest BCUT2D eigenvalue weighted by atomic mass is 9.99. The standard InChI is InChI=1S/C19H13ClN4O4/c20-15-4-2-1-3-13(15)19-14-7-11(24(27)28)5-6-16(14)23-12(10-25)8-18(26)22-17(23)9-21-19/h1-8,25H,9-10H2. The minimum atomic E-state index is -0.493.